The number of hydrogen-bond acceptors (Lipinski definition) is 4. The molecule has 0 saturated carbocycles. The first-order chi connectivity index (χ1) is 12.0. The monoisotopic (exact) mass is 337 g/mol. The number of esters is 1. The second kappa shape index (κ2) is 6.76. The van der Waals surface area contributed by atoms with Gasteiger partial charge in [0, 0.05) is 5.69 Å². The summed E-state index contributed by atoms with van der Waals surface area (Å²) in [6.45, 7) is 4.07. The quantitative estimate of drug-likeness (QED) is 0.743. The molecule has 3 rings (SSSR count). The van der Waals surface area contributed by atoms with Crippen LogP contribution in [-0.4, -0.2) is 28.5 Å². The van der Waals surface area contributed by atoms with Crippen LogP contribution in [0.15, 0.2) is 42.7 Å². The molecular weight excluding hydrogens is 318 g/mol. The Balaban J connectivity index is 1.86. The number of carbonyl (C=O) groups excluding carboxylic acids is 2. The third-order valence-electron chi connectivity index (χ3n) is 4.15. The summed E-state index contributed by atoms with van der Waals surface area (Å²) >= 11 is 0. The minimum Gasteiger partial charge on any atom is -0.465 e. The van der Waals surface area contributed by atoms with Gasteiger partial charge >= 0.3 is 5.97 Å². The van der Waals surface area contributed by atoms with E-state index in [9.17, 15) is 9.59 Å². The molecule has 0 spiro atoms. The fraction of sp³-hybridized carbons (Fsp3) is 0.211. The Hall–Kier alpha value is -3.15. The van der Waals surface area contributed by atoms with E-state index in [-0.39, 0.29) is 12.5 Å². The maximum atomic E-state index is 12.4. The fourth-order valence-corrected chi connectivity index (χ4v) is 2.70. The van der Waals surface area contributed by atoms with E-state index < -0.39 is 5.97 Å². The van der Waals surface area contributed by atoms with Gasteiger partial charge in [0.1, 0.15) is 6.54 Å². The third kappa shape index (κ3) is 3.38. The summed E-state index contributed by atoms with van der Waals surface area (Å²) in [5, 5.41) is 2.87. The van der Waals surface area contributed by atoms with Gasteiger partial charge in [-0.3, -0.25) is 4.79 Å². The maximum absolute atomic E-state index is 12.4. The first-order valence-electron chi connectivity index (χ1n) is 7.89. The smallest absolute Gasteiger partial charge is 0.340 e. The topological polar surface area (TPSA) is 73.2 Å². The number of fused-ring (bicyclic) bond motifs is 1. The number of carbonyl (C=O) groups is 2. The van der Waals surface area contributed by atoms with Gasteiger partial charge in [-0.15, -0.1) is 0 Å². The highest BCUT2D eigenvalue weighted by Gasteiger charge is 2.16. The molecule has 0 unspecified atom stereocenters. The molecule has 25 heavy (non-hydrogen) atoms. The van der Waals surface area contributed by atoms with Crippen molar-refractivity contribution in [3.05, 3.63) is 59.4 Å². The Morgan fingerprint density at radius 3 is 2.68 bits per heavy atom. The molecule has 1 aromatic heterocycles. The first kappa shape index (κ1) is 16.7. The molecule has 1 heterocycles. The summed E-state index contributed by atoms with van der Waals surface area (Å²) in [5.41, 5.74) is 4.63. The maximum Gasteiger partial charge on any atom is 0.340 e. The molecule has 6 nitrogen and oxygen atoms in total. The zero-order chi connectivity index (χ0) is 18.0. The summed E-state index contributed by atoms with van der Waals surface area (Å²) in [5.74, 6) is -0.649. The highest BCUT2D eigenvalue weighted by atomic mass is 16.5. The minimum absolute atomic E-state index is 0.0530. The Labute approximate surface area is 145 Å². The minimum atomic E-state index is -0.457. The standard InChI is InChI=1S/C19H19N3O3/c1-12-7-8-14(9-13(12)2)21-17(23)10-22-11-20-16-6-4-5-15(18(16)22)19(24)25-3/h4-9,11H,10H2,1-3H3,(H,21,23). The molecule has 0 atom stereocenters. The highest BCUT2D eigenvalue weighted by Crippen LogP contribution is 2.19. The molecule has 0 aliphatic rings. The second-order valence-electron chi connectivity index (χ2n) is 5.88. The van der Waals surface area contributed by atoms with E-state index in [0.29, 0.717) is 16.6 Å². The van der Waals surface area contributed by atoms with Crippen LogP contribution in [0.1, 0.15) is 21.5 Å². The summed E-state index contributed by atoms with van der Waals surface area (Å²) < 4.78 is 6.46. The van der Waals surface area contributed by atoms with E-state index in [0.717, 1.165) is 11.3 Å². The van der Waals surface area contributed by atoms with Crippen molar-refractivity contribution in [2.75, 3.05) is 12.4 Å². The molecular formula is C19H19N3O3. The molecule has 0 bridgehead atoms. The number of benzene rings is 2. The number of rotatable bonds is 4. The third-order valence-corrected chi connectivity index (χ3v) is 4.15. The van der Waals surface area contributed by atoms with Crippen molar-refractivity contribution in [2.45, 2.75) is 20.4 Å². The number of ether oxygens (including phenoxy) is 1. The zero-order valence-electron chi connectivity index (χ0n) is 14.4. The van der Waals surface area contributed by atoms with E-state index in [1.165, 1.54) is 12.7 Å². The molecule has 128 valence electrons. The van der Waals surface area contributed by atoms with Gasteiger partial charge in [-0.2, -0.15) is 0 Å². The number of anilines is 1. The van der Waals surface area contributed by atoms with Crippen LogP contribution in [0.25, 0.3) is 11.0 Å². The molecule has 0 fully saturated rings. The van der Waals surface area contributed by atoms with Gasteiger partial charge in [0.25, 0.3) is 0 Å². The van der Waals surface area contributed by atoms with Crippen LogP contribution in [0.5, 0.6) is 0 Å². The number of aryl methyl sites for hydroxylation is 2. The molecule has 0 radical (unpaired) electrons. The first-order valence-corrected chi connectivity index (χ1v) is 7.89. The SMILES string of the molecule is COC(=O)c1cccc2ncn(CC(=O)Nc3ccc(C)c(C)c3)c12. The van der Waals surface area contributed by atoms with Crippen LogP contribution in [0.3, 0.4) is 0 Å². The highest BCUT2D eigenvalue weighted by molar-refractivity contribution is 6.02. The normalized spacial score (nSPS) is 10.7. The Morgan fingerprint density at radius 1 is 1.16 bits per heavy atom. The molecule has 1 N–H and O–H groups in total. The van der Waals surface area contributed by atoms with Gasteiger partial charge in [-0.1, -0.05) is 12.1 Å². The van der Waals surface area contributed by atoms with Crippen LogP contribution in [-0.2, 0) is 16.1 Å². The number of imidazole rings is 1. The van der Waals surface area contributed by atoms with Crippen molar-refractivity contribution in [3.63, 3.8) is 0 Å². The van der Waals surface area contributed by atoms with Crippen LogP contribution in [0.4, 0.5) is 5.69 Å². The van der Waals surface area contributed by atoms with Gasteiger partial charge in [0.05, 0.1) is 30.0 Å². The Bertz CT molecular complexity index is 960. The molecule has 2 aromatic carbocycles. The number of methoxy groups -OCH3 is 1. The van der Waals surface area contributed by atoms with E-state index in [1.807, 2.05) is 32.0 Å². The molecule has 0 aliphatic heterocycles. The number of amides is 1. The fourth-order valence-electron chi connectivity index (χ4n) is 2.70. The van der Waals surface area contributed by atoms with Crippen molar-refractivity contribution in [2.24, 2.45) is 0 Å². The van der Waals surface area contributed by atoms with Crippen molar-refractivity contribution >= 4 is 28.6 Å². The lowest BCUT2D eigenvalue weighted by Crippen LogP contribution is -2.19. The summed E-state index contributed by atoms with van der Waals surface area (Å²) in [6, 6.07) is 11.0. The van der Waals surface area contributed by atoms with Crippen molar-refractivity contribution < 1.29 is 14.3 Å². The molecule has 6 heteroatoms. The molecule has 1 amide bonds. The van der Waals surface area contributed by atoms with Gasteiger partial charge in [0.2, 0.25) is 5.91 Å². The molecule has 0 aliphatic carbocycles. The lowest BCUT2D eigenvalue weighted by Gasteiger charge is -2.10. The zero-order valence-corrected chi connectivity index (χ0v) is 14.4. The number of nitrogens with zero attached hydrogens (tertiary/aromatic N) is 2. The number of nitrogens with one attached hydrogen (secondary N) is 1. The second-order valence-corrected chi connectivity index (χ2v) is 5.88. The van der Waals surface area contributed by atoms with E-state index >= 15 is 0 Å². The van der Waals surface area contributed by atoms with Gasteiger partial charge in [-0.05, 0) is 49.2 Å². The van der Waals surface area contributed by atoms with Crippen molar-refractivity contribution in [1.82, 2.24) is 9.55 Å². The predicted octanol–water partition coefficient (Wildman–Crippen LogP) is 3.08. The number of hydrogen-bond donors (Lipinski definition) is 1. The van der Waals surface area contributed by atoms with Crippen molar-refractivity contribution in [1.29, 1.82) is 0 Å². The van der Waals surface area contributed by atoms with E-state index in [4.69, 9.17) is 4.74 Å². The number of para-hydroxylation sites is 1. The van der Waals surface area contributed by atoms with Gasteiger partial charge in [0.15, 0.2) is 0 Å². The van der Waals surface area contributed by atoms with Gasteiger partial charge < -0.3 is 14.6 Å². The van der Waals surface area contributed by atoms with Crippen LogP contribution in [0, 0.1) is 13.8 Å². The average Bonchev–Trinajstić information content (AvgIpc) is 3.00. The average molecular weight is 337 g/mol. The van der Waals surface area contributed by atoms with E-state index in [2.05, 4.69) is 10.3 Å². The van der Waals surface area contributed by atoms with Crippen molar-refractivity contribution in [3.8, 4) is 0 Å². The van der Waals surface area contributed by atoms with Crippen LogP contribution < -0.4 is 5.32 Å². The summed E-state index contributed by atoms with van der Waals surface area (Å²) in [7, 11) is 1.33. The lowest BCUT2D eigenvalue weighted by atomic mass is 10.1. The van der Waals surface area contributed by atoms with Gasteiger partial charge in [-0.25, -0.2) is 9.78 Å². The number of aromatic nitrogens is 2. The van der Waals surface area contributed by atoms with Crippen LogP contribution >= 0.6 is 0 Å². The summed E-state index contributed by atoms with van der Waals surface area (Å²) in [6.07, 6.45) is 1.55. The van der Waals surface area contributed by atoms with Crippen LogP contribution in [0.2, 0.25) is 0 Å². The molecule has 3 aromatic rings. The predicted molar refractivity (Wildman–Crippen MR) is 95.6 cm³/mol. The van der Waals surface area contributed by atoms with E-state index in [1.54, 1.807) is 29.1 Å². The Morgan fingerprint density at radius 2 is 1.96 bits per heavy atom. The lowest BCUT2D eigenvalue weighted by molar-refractivity contribution is -0.116. The Kier molecular flexibility index (Phi) is 4.52. The largest absolute Gasteiger partial charge is 0.465 e. The molecule has 0 saturated heterocycles. The summed E-state index contributed by atoms with van der Waals surface area (Å²) in [4.78, 5) is 28.6.